The van der Waals surface area contributed by atoms with Crippen LogP contribution in [0.15, 0.2) is 51.8 Å². The van der Waals surface area contributed by atoms with E-state index in [4.69, 9.17) is 4.42 Å². The molecule has 0 radical (unpaired) electrons. The van der Waals surface area contributed by atoms with E-state index in [1.54, 1.807) is 30.3 Å². The fourth-order valence-electron chi connectivity index (χ4n) is 2.99. The number of imide groups is 1. The van der Waals surface area contributed by atoms with Crippen LogP contribution in [-0.2, 0) is 27.5 Å². The maximum atomic E-state index is 11.7. The number of nitrogens with zero attached hydrogens (tertiary/aromatic N) is 1. The molecule has 0 spiro atoms. The SMILES string of the molecule is CS(=O)(=O)c1ccc(Cc2nc3cc(CC4SC(=O)NC4=O)ccc3o2)cc1. The van der Waals surface area contributed by atoms with Crippen LogP contribution in [0.1, 0.15) is 17.0 Å². The summed E-state index contributed by atoms with van der Waals surface area (Å²) in [5.41, 5.74) is 3.09. The Morgan fingerprint density at radius 2 is 1.82 bits per heavy atom. The summed E-state index contributed by atoms with van der Waals surface area (Å²) < 4.78 is 28.8. The number of thioether (sulfide) groups is 1. The van der Waals surface area contributed by atoms with Crippen LogP contribution in [0, 0.1) is 0 Å². The average molecular weight is 416 g/mol. The molecule has 9 heteroatoms. The van der Waals surface area contributed by atoms with Gasteiger partial charge in [0, 0.05) is 12.7 Å². The second-order valence-corrected chi connectivity index (χ2v) is 9.78. The largest absolute Gasteiger partial charge is 0.440 e. The predicted molar refractivity (Wildman–Crippen MR) is 105 cm³/mol. The van der Waals surface area contributed by atoms with Crippen LogP contribution in [0.25, 0.3) is 11.1 Å². The zero-order valence-electron chi connectivity index (χ0n) is 14.8. The number of rotatable bonds is 5. The standard InChI is InChI=1S/C19H16N2O5S2/c1-28(24,25)13-5-2-11(3-6-13)10-17-20-14-8-12(4-7-15(14)26-17)9-16-18(22)21-19(23)27-16/h2-8,16H,9-10H2,1H3,(H,21,22,23). The van der Waals surface area contributed by atoms with E-state index in [0.29, 0.717) is 29.8 Å². The smallest absolute Gasteiger partial charge is 0.286 e. The Balaban J connectivity index is 1.52. The van der Waals surface area contributed by atoms with Crippen molar-refractivity contribution in [1.82, 2.24) is 10.3 Å². The Labute approximate surface area is 165 Å². The highest BCUT2D eigenvalue weighted by Gasteiger charge is 2.31. The van der Waals surface area contributed by atoms with Crippen molar-refractivity contribution >= 4 is 43.8 Å². The van der Waals surface area contributed by atoms with Crippen LogP contribution >= 0.6 is 11.8 Å². The minimum Gasteiger partial charge on any atom is -0.440 e. The van der Waals surface area contributed by atoms with Crippen LogP contribution in [-0.4, -0.2) is 36.1 Å². The number of fused-ring (bicyclic) bond motifs is 1. The summed E-state index contributed by atoms with van der Waals surface area (Å²) in [5.74, 6) is 0.246. The molecule has 1 saturated heterocycles. The molecule has 0 aliphatic carbocycles. The zero-order chi connectivity index (χ0) is 19.9. The lowest BCUT2D eigenvalue weighted by atomic mass is 10.1. The van der Waals surface area contributed by atoms with Crippen LogP contribution in [0.5, 0.6) is 0 Å². The Bertz CT molecular complexity index is 1180. The summed E-state index contributed by atoms with van der Waals surface area (Å²) in [6.45, 7) is 0. The van der Waals surface area contributed by atoms with Crippen LogP contribution in [0.4, 0.5) is 4.79 Å². The molecule has 28 heavy (non-hydrogen) atoms. The van der Waals surface area contributed by atoms with Gasteiger partial charge in [0.25, 0.3) is 5.24 Å². The molecule has 1 N–H and O–H groups in total. The molecule has 144 valence electrons. The molecule has 1 aliphatic rings. The first-order valence-corrected chi connectivity index (χ1v) is 11.2. The molecule has 3 aromatic rings. The monoisotopic (exact) mass is 416 g/mol. The van der Waals surface area contributed by atoms with E-state index in [-0.39, 0.29) is 16.0 Å². The summed E-state index contributed by atoms with van der Waals surface area (Å²) in [4.78, 5) is 27.8. The first-order chi connectivity index (χ1) is 13.3. The molecule has 1 unspecified atom stereocenters. The van der Waals surface area contributed by atoms with Crippen molar-refractivity contribution in [3.63, 3.8) is 0 Å². The lowest BCUT2D eigenvalue weighted by molar-refractivity contribution is -0.118. The number of hydrogen-bond acceptors (Lipinski definition) is 7. The number of hydrogen-bond donors (Lipinski definition) is 1. The Morgan fingerprint density at radius 3 is 2.46 bits per heavy atom. The van der Waals surface area contributed by atoms with E-state index in [9.17, 15) is 18.0 Å². The Hall–Kier alpha value is -2.65. The molecule has 2 amide bonds. The third kappa shape index (κ3) is 3.95. The third-order valence-corrected chi connectivity index (χ3v) is 6.50. The molecule has 4 rings (SSSR count). The maximum Gasteiger partial charge on any atom is 0.286 e. The number of aromatic nitrogens is 1. The van der Waals surface area contributed by atoms with E-state index < -0.39 is 15.1 Å². The van der Waals surface area contributed by atoms with Crippen molar-refractivity contribution in [2.24, 2.45) is 0 Å². The number of nitrogens with one attached hydrogen (secondary N) is 1. The molecular weight excluding hydrogens is 400 g/mol. The van der Waals surface area contributed by atoms with Crippen molar-refractivity contribution < 1.29 is 22.4 Å². The molecular formula is C19H16N2O5S2. The van der Waals surface area contributed by atoms with Gasteiger partial charge in [0.2, 0.25) is 5.91 Å². The van der Waals surface area contributed by atoms with Gasteiger partial charge in [0.1, 0.15) is 5.52 Å². The van der Waals surface area contributed by atoms with Crippen LogP contribution in [0.3, 0.4) is 0 Å². The summed E-state index contributed by atoms with van der Waals surface area (Å²) in [6, 6.07) is 12.1. The normalized spacial score (nSPS) is 17.2. The van der Waals surface area contributed by atoms with E-state index in [0.717, 1.165) is 22.9 Å². The first kappa shape index (κ1) is 18.7. The van der Waals surface area contributed by atoms with Gasteiger partial charge in [-0.15, -0.1) is 0 Å². The van der Waals surface area contributed by atoms with Gasteiger partial charge in [-0.05, 0) is 41.8 Å². The summed E-state index contributed by atoms with van der Waals surface area (Å²) in [5, 5.41) is 1.54. The van der Waals surface area contributed by atoms with E-state index in [1.807, 2.05) is 12.1 Å². The minimum absolute atomic E-state index is 0.269. The Morgan fingerprint density at radius 1 is 1.11 bits per heavy atom. The van der Waals surface area contributed by atoms with Crippen LogP contribution in [0.2, 0.25) is 0 Å². The predicted octanol–water partition coefficient (Wildman–Crippen LogP) is 2.72. The van der Waals surface area contributed by atoms with Gasteiger partial charge in [-0.2, -0.15) is 0 Å². The highest BCUT2D eigenvalue weighted by atomic mass is 32.2. The van der Waals surface area contributed by atoms with Crippen molar-refractivity contribution in [2.45, 2.75) is 23.0 Å². The van der Waals surface area contributed by atoms with Gasteiger partial charge < -0.3 is 4.42 Å². The molecule has 2 heterocycles. The van der Waals surface area contributed by atoms with Crippen molar-refractivity contribution in [1.29, 1.82) is 0 Å². The van der Waals surface area contributed by atoms with Gasteiger partial charge in [-0.25, -0.2) is 13.4 Å². The number of carbonyl (C=O) groups is 2. The van der Waals surface area contributed by atoms with Gasteiger partial charge >= 0.3 is 0 Å². The van der Waals surface area contributed by atoms with Crippen molar-refractivity contribution in [3.8, 4) is 0 Å². The molecule has 1 atom stereocenters. The molecule has 2 aromatic carbocycles. The fraction of sp³-hybridized carbons (Fsp3) is 0.211. The zero-order valence-corrected chi connectivity index (χ0v) is 16.5. The molecule has 0 bridgehead atoms. The van der Waals surface area contributed by atoms with E-state index in [1.165, 1.54) is 6.26 Å². The van der Waals surface area contributed by atoms with Gasteiger partial charge in [-0.3, -0.25) is 14.9 Å². The molecule has 0 saturated carbocycles. The third-order valence-electron chi connectivity index (χ3n) is 4.39. The molecule has 1 fully saturated rings. The lowest BCUT2D eigenvalue weighted by Crippen LogP contribution is -2.25. The number of amides is 2. The van der Waals surface area contributed by atoms with E-state index in [2.05, 4.69) is 10.3 Å². The average Bonchev–Trinajstić information content (AvgIpc) is 3.16. The van der Waals surface area contributed by atoms with Gasteiger partial charge in [0.05, 0.1) is 10.1 Å². The number of oxazole rings is 1. The number of sulfone groups is 1. The van der Waals surface area contributed by atoms with Crippen molar-refractivity contribution in [2.75, 3.05) is 6.26 Å². The highest BCUT2D eigenvalue weighted by molar-refractivity contribution is 8.15. The van der Waals surface area contributed by atoms with Gasteiger partial charge in [-0.1, -0.05) is 30.0 Å². The molecule has 7 nitrogen and oxygen atoms in total. The second kappa shape index (κ2) is 7.06. The quantitative estimate of drug-likeness (QED) is 0.681. The molecule has 1 aromatic heterocycles. The van der Waals surface area contributed by atoms with Crippen molar-refractivity contribution in [3.05, 3.63) is 59.5 Å². The second-order valence-electron chi connectivity index (χ2n) is 6.59. The first-order valence-electron chi connectivity index (χ1n) is 8.47. The number of carbonyl (C=O) groups excluding carboxylic acids is 2. The summed E-state index contributed by atoms with van der Waals surface area (Å²) in [7, 11) is -3.23. The minimum atomic E-state index is -3.23. The fourth-order valence-corrected chi connectivity index (χ4v) is 4.48. The number of benzene rings is 2. The maximum absolute atomic E-state index is 11.7. The molecule has 1 aliphatic heterocycles. The summed E-state index contributed by atoms with van der Waals surface area (Å²) >= 11 is 0.997. The lowest BCUT2D eigenvalue weighted by Gasteiger charge is -2.04. The summed E-state index contributed by atoms with van der Waals surface area (Å²) in [6.07, 6.45) is 2.04. The Kier molecular flexibility index (Phi) is 4.72. The van der Waals surface area contributed by atoms with E-state index >= 15 is 0 Å². The topological polar surface area (TPSA) is 106 Å². The highest BCUT2D eigenvalue weighted by Crippen LogP contribution is 2.25. The van der Waals surface area contributed by atoms with Gasteiger partial charge in [0.15, 0.2) is 21.3 Å². The van der Waals surface area contributed by atoms with Crippen LogP contribution < -0.4 is 5.32 Å².